The van der Waals surface area contributed by atoms with Gasteiger partial charge in [-0.05, 0) is 20.9 Å². The summed E-state index contributed by atoms with van der Waals surface area (Å²) in [5.41, 5.74) is 0. The zero-order chi connectivity index (χ0) is 8.69. The summed E-state index contributed by atoms with van der Waals surface area (Å²) in [7, 11) is 2.05. The highest BCUT2D eigenvalue weighted by Gasteiger charge is 2.01. The largest absolute Gasteiger partial charge is 0.380 e. The summed E-state index contributed by atoms with van der Waals surface area (Å²) < 4.78 is 5.20. The fraction of sp³-hybridized carbons (Fsp3) is 1.00. The van der Waals surface area contributed by atoms with Crippen molar-refractivity contribution in [3.05, 3.63) is 0 Å². The normalized spacial score (nSPS) is 13.9. The zero-order valence-electron chi connectivity index (χ0n) is 7.64. The average molecular weight is 180 g/mol. The molecule has 0 spiro atoms. The van der Waals surface area contributed by atoms with Crippen molar-refractivity contribution in [1.29, 1.82) is 0 Å². The van der Waals surface area contributed by atoms with Crippen LogP contribution in [0.5, 0.6) is 0 Å². The Hall–Kier alpha value is 0.210. The van der Waals surface area contributed by atoms with Gasteiger partial charge in [-0.15, -0.1) is 11.6 Å². The molecule has 2 nitrogen and oxygen atoms in total. The van der Waals surface area contributed by atoms with Gasteiger partial charge in [-0.25, -0.2) is 0 Å². The van der Waals surface area contributed by atoms with Crippen LogP contribution in [0.3, 0.4) is 0 Å². The monoisotopic (exact) mass is 179 g/mol. The molecule has 0 aliphatic carbocycles. The molecule has 0 rings (SSSR count). The summed E-state index contributed by atoms with van der Waals surface area (Å²) in [4.78, 5) is 2.17. The minimum atomic E-state index is 0.224. The minimum absolute atomic E-state index is 0.224. The van der Waals surface area contributed by atoms with E-state index in [0.717, 1.165) is 26.3 Å². The van der Waals surface area contributed by atoms with Crippen molar-refractivity contribution in [2.75, 3.05) is 33.4 Å². The van der Waals surface area contributed by atoms with Gasteiger partial charge in [0, 0.05) is 25.1 Å². The summed E-state index contributed by atoms with van der Waals surface area (Å²) in [6.45, 7) is 7.49. The summed E-state index contributed by atoms with van der Waals surface area (Å²) in [6.07, 6.45) is 0. The maximum atomic E-state index is 5.80. The smallest absolute Gasteiger partial charge is 0.0593 e. The van der Waals surface area contributed by atoms with Crippen LogP contribution in [0.4, 0.5) is 0 Å². The van der Waals surface area contributed by atoms with E-state index in [4.69, 9.17) is 16.3 Å². The zero-order valence-corrected chi connectivity index (χ0v) is 8.40. The summed E-state index contributed by atoms with van der Waals surface area (Å²) in [6, 6.07) is 0. The van der Waals surface area contributed by atoms with E-state index in [1.165, 1.54) is 0 Å². The lowest BCUT2D eigenvalue weighted by Gasteiger charge is -2.17. The highest BCUT2D eigenvalue weighted by atomic mass is 35.5. The van der Waals surface area contributed by atoms with Crippen LogP contribution in [0.1, 0.15) is 13.8 Å². The fourth-order valence-electron chi connectivity index (χ4n) is 0.885. The van der Waals surface area contributed by atoms with Crippen molar-refractivity contribution < 1.29 is 4.74 Å². The Morgan fingerprint density at radius 1 is 1.55 bits per heavy atom. The van der Waals surface area contributed by atoms with Gasteiger partial charge >= 0.3 is 0 Å². The van der Waals surface area contributed by atoms with Crippen LogP contribution < -0.4 is 0 Å². The first-order valence-corrected chi connectivity index (χ1v) is 4.50. The van der Waals surface area contributed by atoms with E-state index in [-0.39, 0.29) is 5.38 Å². The Morgan fingerprint density at radius 3 is 2.64 bits per heavy atom. The van der Waals surface area contributed by atoms with Crippen molar-refractivity contribution in [1.82, 2.24) is 4.90 Å². The summed E-state index contributed by atoms with van der Waals surface area (Å²) in [5.74, 6) is 0. The molecular formula is C8H18ClNO. The second-order valence-corrected chi connectivity index (χ2v) is 3.48. The molecule has 68 valence electrons. The Bertz CT molecular complexity index is 88.2. The molecular weight excluding hydrogens is 162 g/mol. The number of alkyl halides is 1. The van der Waals surface area contributed by atoms with Crippen LogP contribution >= 0.6 is 11.6 Å². The van der Waals surface area contributed by atoms with Crippen LogP contribution in [0.2, 0.25) is 0 Å². The van der Waals surface area contributed by atoms with Gasteiger partial charge in [0.15, 0.2) is 0 Å². The summed E-state index contributed by atoms with van der Waals surface area (Å²) in [5, 5.41) is 0.224. The number of likely N-dealkylation sites (N-methyl/N-ethyl adjacent to an activating group) is 1. The lowest BCUT2D eigenvalue weighted by molar-refractivity contribution is 0.122. The molecule has 0 aromatic heterocycles. The predicted octanol–water partition coefficient (Wildman–Crippen LogP) is 1.58. The molecule has 0 radical (unpaired) electrons. The molecule has 0 amide bonds. The third-order valence-electron chi connectivity index (χ3n) is 1.38. The molecule has 0 aromatic carbocycles. The molecule has 0 aromatic rings. The summed E-state index contributed by atoms with van der Waals surface area (Å²) >= 11 is 5.80. The molecule has 0 heterocycles. The topological polar surface area (TPSA) is 12.5 Å². The highest BCUT2D eigenvalue weighted by Crippen LogP contribution is 1.95. The van der Waals surface area contributed by atoms with Crippen LogP contribution in [-0.2, 0) is 4.74 Å². The van der Waals surface area contributed by atoms with Gasteiger partial charge in [0.1, 0.15) is 0 Å². The SMILES string of the molecule is CCOCCN(C)CC(C)Cl. The standard InChI is InChI=1S/C8H18ClNO/c1-4-11-6-5-10(3)7-8(2)9/h8H,4-7H2,1-3H3. The number of halogens is 1. The fourth-order valence-corrected chi connectivity index (χ4v) is 1.12. The maximum Gasteiger partial charge on any atom is 0.0593 e. The van der Waals surface area contributed by atoms with E-state index >= 15 is 0 Å². The van der Waals surface area contributed by atoms with E-state index in [2.05, 4.69) is 11.9 Å². The van der Waals surface area contributed by atoms with Crippen molar-refractivity contribution in [2.45, 2.75) is 19.2 Å². The lowest BCUT2D eigenvalue weighted by atomic mass is 10.4. The lowest BCUT2D eigenvalue weighted by Crippen LogP contribution is -2.28. The molecule has 3 heteroatoms. The Morgan fingerprint density at radius 2 is 2.18 bits per heavy atom. The molecule has 0 N–H and O–H groups in total. The third-order valence-corrected chi connectivity index (χ3v) is 1.52. The van der Waals surface area contributed by atoms with E-state index in [1.807, 2.05) is 13.8 Å². The Balaban J connectivity index is 3.15. The predicted molar refractivity (Wildman–Crippen MR) is 49.3 cm³/mol. The van der Waals surface area contributed by atoms with E-state index < -0.39 is 0 Å². The molecule has 1 atom stereocenters. The Kier molecular flexibility index (Phi) is 7.02. The van der Waals surface area contributed by atoms with Crippen molar-refractivity contribution >= 4 is 11.6 Å². The van der Waals surface area contributed by atoms with Gasteiger partial charge in [-0.1, -0.05) is 0 Å². The number of hydrogen-bond acceptors (Lipinski definition) is 2. The van der Waals surface area contributed by atoms with Gasteiger partial charge in [-0.3, -0.25) is 0 Å². The number of rotatable bonds is 6. The molecule has 0 fully saturated rings. The molecule has 0 bridgehead atoms. The van der Waals surface area contributed by atoms with Crippen LogP contribution in [-0.4, -0.2) is 43.6 Å². The highest BCUT2D eigenvalue weighted by molar-refractivity contribution is 6.20. The van der Waals surface area contributed by atoms with Crippen LogP contribution in [0.25, 0.3) is 0 Å². The molecule has 0 saturated carbocycles. The van der Waals surface area contributed by atoms with Gasteiger partial charge in [0.2, 0.25) is 0 Å². The first-order valence-electron chi connectivity index (χ1n) is 4.07. The van der Waals surface area contributed by atoms with Gasteiger partial charge < -0.3 is 9.64 Å². The van der Waals surface area contributed by atoms with Gasteiger partial charge in [0.25, 0.3) is 0 Å². The molecule has 11 heavy (non-hydrogen) atoms. The average Bonchev–Trinajstić information content (AvgIpc) is 1.86. The van der Waals surface area contributed by atoms with E-state index in [9.17, 15) is 0 Å². The van der Waals surface area contributed by atoms with Crippen LogP contribution in [0, 0.1) is 0 Å². The molecule has 0 aliphatic rings. The van der Waals surface area contributed by atoms with Crippen molar-refractivity contribution in [3.8, 4) is 0 Å². The first kappa shape index (κ1) is 11.2. The number of nitrogens with zero attached hydrogens (tertiary/aromatic N) is 1. The second kappa shape index (κ2) is 6.89. The second-order valence-electron chi connectivity index (χ2n) is 2.74. The quantitative estimate of drug-likeness (QED) is 0.454. The van der Waals surface area contributed by atoms with E-state index in [0.29, 0.717) is 0 Å². The molecule has 0 aliphatic heterocycles. The van der Waals surface area contributed by atoms with Crippen LogP contribution in [0.15, 0.2) is 0 Å². The van der Waals surface area contributed by atoms with Gasteiger partial charge in [0.05, 0.1) is 6.61 Å². The maximum absolute atomic E-state index is 5.80. The van der Waals surface area contributed by atoms with Crippen molar-refractivity contribution in [3.63, 3.8) is 0 Å². The Labute approximate surface area is 74.5 Å². The third kappa shape index (κ3) is 8.11. The number of ether oxygens (including phenoxy) is 1. The van der Waals surface area contributed by atoms with Gasteiger partial charge in [-0.2, -0.15) is 0 Å². The number of hydrogen-bond donors (Lipinski definition) is 0. The van der Waals surface area contributed by atoms with Crippen molar-refractivity contribution in [2.24, 2.45) is 0 Å². The molecule has 0 saturated heterocycles. The van der Waals surface area contributed by atoms with E-state index in [1.54, 1.807) is 0 Å². The molecule has 1 unspecified atom stereocenters. The minimum Gasteiger partial charge on any atom is -0.380 e. The first-order chi connectivity index (χ1) is 5.16.